The minimum atomic E-state index is 0.294. The van der Waals surface area contributed by atoms with E-state index in [1.165, 1.54) is 36.3 Å². The lowest BCUT2D eigenvalue weighted by Crippen LogP contribution is -2.38. The van der Waals surface area contributed by atoms with Gasteiger partial charge in [-0.25, -0.2) is 0 Å². The number of aromatic nitrogens is 1. The summed E-state index contributed by atoms with van der Waals surface area (Å²) in [5.74, 6) is 0. The fourth-order valence-electron chi connectivity index (χ4n) is 4.15. The van der Waals surface area contributed by atoms with Gasteiger partial charge in [0.15, 0.2) is 0 Å². The van der Waals surface area contributed by atoms with Crippen molar-refractivity contribution in [1.29, 1.82) is 0 Å². The highest BCUT2D eigenvalue weighted by Crippen LogP contribution is 2.30. The molecule has 3 rings (SSSR count). The van der Waals surface area contributed by atoms with E-state index in [4.69, 9.17) is 5.73 Å². The summed E-state index contributed by atoms with van der Waals surface area (Å²) in [4.78, 5) is 0. The minimum Gasteiger partial charge on any atom is -0.343 e. The van der Waals surface area contributed by atoms with Gasteiger partial charge in [0.1, 0.15) is 0 Å². The number of nitrogens with zero attached hydrogens (tertiary/aromatic N) is 1. The number of hydrogen-bond donors (Lipinski definition) is 1. The Bertz CT molecular complexity index is 783. The number of allylic oxidation sites excluding steroid dienone is 4. The van der Waals surface area contributed by atoms with Gasteiger partial charge in [-0.1, -0.05) is 48.8 Å². The smallest absolute Gasteiger partial charge is 0.0445 e. The first-order valence-corrected chi connectivity index (χ1v) is 10.1. The highest BCUT2D eigenvalue weighted by molar-refractivity contribution is 5.46. The molecule has 2 nitrogen and oxygen atoms in total. The molecule has 1 aliphatic carbocycles. The lowest BCUT2D eigenvalue weighted by Gasteiger charge is -2.24. The number of rotatable bonds is 5. The second-order valence-corrected chi connectivity index (χ2v) is 7.73. The van der Waals surface area contributed by atoms with Gasteiger partial charge < -0.3 is 10.3 Å². The molecule has 0 saturated heterocycles. The predicted octanol–water partition coefficient (Wildman–Crippen LogP) is 3.74. The fraction of sp³-hybridized carbons (Fsp3) is 0.565. The summed E-state index contributed by atoms with van der Waals surface area (Å²) in [7, 11) is 0. The summed E-state index contributed by atoms with van der Waals surface area (Å²) in [5.41, 5.74) is 12.7. The van der Waals surface area contributed by atoms with E-state index in [0.717, 1.165) is 32.2 Å². The van der Waals surface area contributed by atoms with Crippen molar-refractivity contribution in [2.45, 2.75) is 84.7 Å². The molecule has 1 atom stereocenters. The molecule has 1 unspecified atom stereocenters. The lowest BCUT2D eigenvalue weighted by atomic mass is 9.86. The van der Waals surface area contributed by atoms with Crippen LogP contribution in [-0.4, -0.2) is 10.6 Å². The van der Waals surface area contributed by atoms with E-state index in [1.54, 1.807) is 22.4 Å². The zero-order chi connectivity index (χ0) is 17.8. The van der Waals surface area contributed by atoms with E-state index in [0.29, 0.717) is 6.04 Å². The average Bonchev–Trinajstić information content (AvgIpc) is 2.81. The molecule has 2 aliphatic rings. The second-order valence-electron chi connectivity index (χ2n) is 7.73. The first kappa shape index (κ1) is 18.3. The van der Waals surface area contributed by atoms with Crippen molar-refractivity contribution in [3.8, 4) is 0 Å². The Morgan fingerprint density at radius 1 is 1.28 bits per heavy atom. The van der Waals surface area contributed by atoms with Crippen LogP contribution in [-0.2, 0) is 19.4 Å². The summed E-state index contributed by atoms with van der Waals surface area (Å²) in [6, 6.07) is 0.294. The third kappa shape index (κ3) is 3.84. The van der Waals surface area contributed by atoms with Crippen molar-refractivity contribution in [1.82, 2.24) is 4.57 Å². The Morgan fingerprint density at radius 2 is 2.08 bits per heavy atom. The van der Waals surface area contributed by atoms with Gasteiger partial charge in [0, 0.05) is 28.8 Å². The Labute approximate surface area is 152 Å². The summed E-state index contributed by atoms with van der Waals surface area (Å²) in [6.07, 6.45) is 18.8. The van der Waals surface area contributed by atoms with Crippen LogP contribution in [0.4, 0.5) is 0 Å². The quantitative estimate of drug-likeness (QED) is 0.815. The zero-order valence-electron chi connectivity index (χ0n) is 16.3. The third-order valence-corrected chi connectivity index (χ3v) is 5.82. The lowest BCUT2D eigenvalue weighted by molar-refractivity contribution is 0.452. The van der Waals surface area contributed by atoms with Crippen molar-refractivity contribution < 1.29 is 0 Å². The van der Waals surface area contributed by atoms with Crippen molar-refractivity contribution in [2.24, 2.45) is 5.73 Å². The van der Waals surface area contributed by atoms with E-state index in [2.05, 4.69) is 49.6 Å². The van der Waals surface area contributed by atoms with E-state index in [-0.39, 0.29) is 0 Å². The maximum absolute atomic E-state index is 6.32. The largest absolute Gasteiger partial charge is 0.343 e. The normalized spacial score (nSPS) is 21.8. The van der Waals surface area contributed by atoms with Crippen molar-refractivity contribution >= 4 is 12.2 Å². The SMILES string of the molecule is C\C=C/C=c1/c(CC(C)=C2CCC2)c2n(/c1=C\CCC)CC(N)CC2. The van der Waals surface area contributed by atoms with Crippen LogP contribution >= 0.6 is 0 Å². The highest BCUT2D eigenvalue weighted by atomic mass is 15.0. The molecule has 25 heavy (non-hydrogen) atoms. The van der Waals surface area contributed by atoms with Gasteiger partial charge in [0.05, 0.1) is 0 Å². The molecule has 2 heteroatoms. The molecule has 1 aromatic rings. The van der Waals surface area contributed by atoms with Crippen molar-refractivity contribution in [2.75, 3.05) is 0 Å². The van der Waals surface area contributed by atoms with Crippen molar-refractivity contribution in [3.63, 3.8) is 0 Å². The number of unbranched alkanes of at least 4 members (excludes halogenated alkanes) is 1. The molecule has 1 aromatic heterocycles. The van der Waals surface area contributed by atoms with Crippen molar-refractivity contribution in [3.05, 3.63) is 45.1 Å². The van der Waals surface area contributed by atoms with Gasteiger partial charge >= 0.3 is 0 Å². The first-order chi connectivity index (χ1) is 12.2. The molecule has 2 heterocycles. The van der Waals surface area contributed by atoms with E-state index >= 15 is 0 Å². The molecule has 0 amide bonds. The molecule has 1 saturated carbocycles. The van der Waals surface area contributed by atoms with Gasteiger partial charge in [-0.2, -0.15) is 0 Å². The van der Waals surface area contributed by atoms with Gasteiger partial charge in [-0.05, 0) is 64.4 Å². The van der Waals surface area contributed by atoms with Crippen LogP contribution in [0.15, 0.2) is 23.3 Å². The number of hydrogen-bond acceptors (Lipinski definition) is 1. The van der Waals surface area contributed by atoms with Crippen LogP contribution in [0.3, 0.4) is 0 Å². The molecule has 2 N–H and O–H groups in total. The Hall–Kier alpha value is -1.54. The van der Waals surface area contributed by atoms with Crippen LogP contribution in [0.5, 0.6) is 0 Å². The monoisotopic (exact) mass is 338 g/mol. The fourth-order valence-corrected chi connectivity index (χ4v) is 4.15. The Kier molecular flexibility index (Phi) is 6.01. The van der Waals surface area contributed by atoms with Gasteiger partial charge in [-0.15, -0.1) is 0 Å². The van der Waals surface area contributed by atoms with Crippen LogP contribution in [0.1, 0.15) is 70.6 Å². The minimum absolute atomic E-state index is 0.294. The van der Waals surface area contributed by atoms with Gasteiger partial charge in [0.25, 0.3) is 0 Å². The molecule has 136 valence electrons. The maximum Gasteiger partial charge on any atom is 0.0445 e. The zero-order valence-corrected chi connectivity index (χ0v) is 16.3. The van der Waals surface area contributed by atoms with Crippen LogP contribution in [0, 0.1) is 0 Å². The summed E-state index contributed by atoms with van der Waals surface area (Å²) in [6.45, 7) is 7.67. The van der Waals surface area contributed by atoms with Gasteiger partial charge in [0.2, 0.25) is 0 Å². The average molecular weight is 339 g/mol. The number of fused-ring (bicyclic) bond motifs is 1. The van der Waals surface area contributed by atoms with Crippen LogP contribution < -0.4 is 16.3 Å². The molecule has 0 spiro atoms. The molecule has 0 radical (unpaired) electrons. The van der Waals surface area contributed by atoms with E-state index in [9.17, 15) is 0 Å². The van der Waals surface area contributed by atoms with E-state index in [1.807, 2.05) is 0 Å². The maximum atomic E-state index is 6.32. The molecular weight excluding hydrogens is 304 g/mol. The van der Waals surface area contributed by atoms with Gasteiger partial charge in [-0.3, -0.25) is 0 Å². The summed E-state index contributed by atoms with van der Waals surface area (Å²) in [5, 5.41) is 2.85. The number of nitrogens with two attached hydrogens (primary N) is 1. The molecule has 0 aromatic carbocycles. The predicted molar refractivity (Wildman–Crippen MR) is 109 cm³/mol. The first-order valence-electron chi connectivity index (χ1n) is 10.1. The topological polar surface area (TPSA) is 30.9 Å². The highest BCUT2D eigenvalue weighted by Gasteiger charge is 2.22. The molecular formula is C23H34N2. The third-order valence-electron chi connectivity index (χ3n) is 5.82. The molecule has 1 aliphatic heterocycles. The van der Waals surface area contributed by atoms with Crippen LogP contribution in [0.25, 0.3) is 12.2 Å². The van der Waals surface area contributed by atoms with Crippen LogP contribution in [0.2, 0.25) is 0 Å². The molecule has 0 bridgehead atoms. The molecule has 1 fully saturated rings. The second kappa shape index (κ2) is 8.23. The standard InChI is InChI=1S/C23H34N2/c1-4-6-11-20-21(15-17(3)18-9-8-10-18)23-14-13-19(24)16-25(23)22(20)12-7-5-2/h4,6,11-12,19H,5,7-10,13-16,24H2,1-3H3/b6-4-,20-11-,22-12-. The Balaban J connectivity index is 2.17. The van der Waals surface area contributed by atoms with E-state index < -0.39 is 0 Å². The summed E-state index contributed by atoms with van der Waals surface area (Å²) < 4.78 is 2.53. The Morgan fingerprint density at radius 3 is 2.72 bits per heavy atom. The summed E-state index contributed by atoms with van der Waals surface area (Å²) >= 11 is 0.